The van der Waals surface area contributed by atoms with Gasteiger partial charge in [0.1, 0.15) is 5.76 Å². The lowest BCUT2D eigenvalue weighted by atomic mass is 9.90. The number of nitrogens with zero attached hydrogens (tertiary/aromatic N) is 2. The van der Waals surface area contributed by atoms with Crippen LogP contribution >= 0.6 is 12.4 Å². The second kappa shape index (κ2) is 5.06. The third-order valence-electron chi connectivity index (χ3n) is 3.18. The zero-order chi connectivity index (χ0) is 11.8. The first kappa shape index (κ1) is 14.0. The topological polar surface area (TPSA) is 72.4 Å². The van der Waals surface area contributed by atoms with Crippen molar-refractivity contribution in [3.8, 4) is 0 Å². The Balaban J connectivity index is 0.00000144. The van der Waals surface area contributed by atoms with Crippen LogP contribution in [-0.4, -0.2) is 35.6 Å². The maximum Gasteiger partial charge on any atom is 0.276 e. The average molecular weight is 260 g/mol. The molecule has 5 nitrogen and oxygen atoms in total. The fraction of sp³-hybridized carbons (Fsp3) is 0.636. The van der Waals surface area contributed by atoms with Crippen molar-refractivity contribution in [2.75, 3.05) is 19.6 Å². The highest BCUT2D eigenvalue weighted by Crippen LogP contribution is 2.29. The van der Waals surface area contributed by atoms with Gasteiger partial charge in [-0.25, -0.2) is 0 Å². The van der Waals surface area contributed by atoms with Crippen molar-refractivity contribution in [2.24, 2.45) is 11.1 Å². The largest absolute Gasteiger partial charge is 0.361 e. The van der Waals surface area contributed by atoms with Gasteiger partial charge >= 0.3 is 0 Å². The van der Waals surface area contributed by atoms with Crippen molar-refractivity contribution >= 4 is 18.3 Å². The molecule has 0 saturated carbocycles. The SMILES string of the molecule is Cc1cc(C(=O)N2CCC(C)(CN)C2)no1.Cl. The van der Waals surface area contributed by atoms with E-state index in [9.17, 15) is 4.79 Å². The monoisotopic (exact) mass is 259 g/mol. The van der Waals surface area contributed by atoms with Gasteiger partial charge in [0.15, 0.2) is 5.69 Å². The summed E-state index contributed by atoms with van der Waals surface area (Å²) in [6.07, 6.45) is 0.950. The van der Waals surface area contributed by atoms with E-state index in [4.69, 9.17) is 10.3 Å². The quantitative estimate of drug-likeness (QED) is 0.867. The number of nitrogens with two attached hydrogens (primary N) is 1. The first-order valence-corrected chi connectivity index (χ1v) is 5.47. The molecule has 0 aromatic carbocycles. The highest BCUT2D eigenvalue weighted by Gasteiger charge is 2.35. The molecule has 0 radical (unpaired) electrons. The van der Waals surface area contributed by atoms with Crippen molar-refractivity contribution in [3.63, 3.8) is 0 Å². The minimum Gasteiger partial charge on any atom is -0.361 e. The summed E-state index contributed by atoms with van der Waals surface area (Å²) in [6, 6.07) is 1.67. The summed E-state index contributed by atoms with van der Waals surface area (Å²) in [4.78, 5) is 13.8. The molecule has 1 amide bonds. The Hall–Kier alpha value is -1.07. The molecule has 1 saturated heterocycles. The van der Waals surface area contributed by atoms with E-state index in [0.717, 1.165) is 13.0 Å². The van der Waals surface area contributed by atoms with Gasteiger partial charge in [0.25, 0.3) is 5.91 Å². The molecule has 2 heterocycles. The van der Waals surface area contributed by atoms with E-state index in [2.05, 4.69) is 12.1 Å². The van der Waals surface area contributed by atoms with Gasteiger partial charge in [-0.3, -0.25) is 4.79 Å². The number of halogens is 1. The molecule has 1 aromatic rings. The van der Waals surface area contributed by atoms with Crippen molar-refractivity contribution in [1.29, 1.82) is 0 Å². The lowest BCUT2D eigenvalue weighted by molar-refractivity contribution is 0.0766. The number of amides is 1. The molecular weight excluding hydrogens is 242 g/mol. The fourth-order valence-electron chi connectivity index (χ4n) is 1.99. The molecule has 2 rings (SSSR count). The first-order chi connectivity index (χ1) is 7.54. The van der Waals surface area contributed by atoms with Crippen LogP contribution in [-0.2, 0) is 0 Å². The molecular formula is C11H18ClN3O2. The van der Waals surface area contributed by atoms with Crippen molar-refractivity contribution < 1.29 is 9.32 Å². The van der Waals surface area contributed by atoms with Gasteiger partial charge in [0, 0.05) is 19.2 Å². The molecule has 1 atom stereocenters. The summed E-state index contributed by atoms with van der Waals surface area (Å²) in [5, 5.41) is 3.74. The van der Waals surface area contributed by atoms with Crippen LogP contribution in [0.2, 0.25) is 0 Å². The molecule has 1 aliphatic rings. The van der Waals surface area contributed by atoms with Gasteiger partial charge in [-0.15, -0.1) is 12.4 Å². The van der Waals surface area contributed by atoms with Crippen LogP contribution in [0.15, 0.2) is 10.6 Å². The predicted molar refractivity (Wildman–Crippen MR) is 66.2 cm³/mol. The summed E-state index contributed by atoms with van der Waals surface area (Å²) in [6.45, 7) is 5.94. The lowest BCUT2D eigenvalue weighted by Crippen LogP contribution is -2.34. The number of likely N-dealkylation sites (tertiary alicyclic amines) is 1. The second-order valence-corrected chi connectivity index (χ2v) is 4.81. The Morgan fingerprint density at radius 3 is 2.88 bits per heavy atom. The molecule has 1 aliphatic heterocycles. The normalized spacial score (nSPS) is 23.6. The maximum atomic E-state index is 12.0. The molecule has 1 unspecified atom stereocenters. The highest BCUT2D eigenvalue weighted by molar-refractivity contribution is 5.92. The molecule has 6 heteroatoms. The average Bonchev–Trinajstić information content (AvgIpc) is 2.85. The molecule has 0 aliphatic carbocycles. The van der Waals surface area contributed by atoms with Crippen molar-refractivity contribution in [1.82, 2.24) is 10.1 Å². The van der Waals surface area contributed by atoms with Crippen LogP contribution in [0.5, 0.6) is 0 Å². The summed E-state index contributed by atoms with van der Waals surface area (Å²) in [5.74, 6) is 0.596. The molecule has 1 aromatic heterocycles. The minimum absolute atomic E-state index is 0. The minimum atomic E-state index is -0.0611. The lowest BCUT2D eigenvalue weighted by Gasteiger charge is -2.21. The Kier molecular flexibility index (Phi) is 4.16. The highest BCUT2D eigenvalue weighted by atomic mass is 35.5. The summed E-state index contributed by atoms with van der Waals surface area (Å²) >= 11 is 0. The van der Waals surface area contributed by atoms with Gasteiger partial charge in [-0.2, -0.15) is 0 Å². The maximum absolute atomic E-state index is 12.0. The van der Waals surface area contributed by atoms with E-state index in [1.54, 1.807) is 17.9 Å². The number of aromatic nitrogens is 1. The van der Waals surface area contributed by atoms with Crippen LogP contribution in [0.1, 0.15) is 29.6 Å². The van der Waals surface area contributed by atoms with E-state index in [1.807, 2.05) is 0 Å². The zero-order valence-electron chi connectivity index (χ0n) is 10.1. The Labute approximate surface area is 107 Å². The van der Waals surface area contributed by atoms with Crippen molar-refractivity contribution in [3.05, 3.63) is 17.5 Å². The van der Waals surface area contributed by atoms with E-state index in [-0.39, 0.29) is 23.7 Å². The van der Waals surface area contributed by atoms with E-state index >= 15 is 0 Å². The van der Waals surface area contributed by atoms with Gasteiger partial charge in [-0.1, -0.05) is 12.1 Å². The van der Waals surface area contributed by atoms with E-state index in [0.29, 0.717) is 24.5 Å². The number of hydrogen-bond donors (Lipinski definition) is 1. The molecule has 2 N–H and O–H groups in total. The second-order valence-electron chi connectivity index (χ2n) is 4.81. The molecule has 17 heavy (non-hydrogen) atoms. The summed E-state index contributed by atoms with van der Waals surface area (Å²) in [7, 11) is 0. The Morgan fingerprint density at radius 1 is 1.71 bits per heavy atom. The number of carbonyl (C=O) groups is 1. The fourth-order valence-corrected chi connectivity index (χ4v) is 1.99. The summed E-state index contributed by atoms with van der Waals surface area (Å²) in [5.41, 5.74) is 6.14. The van der Waals surface area contributed by atoms with Gasteiger partial charge in [-0.05, 0) is 25.3 Å². The standard InChI is InChI=1S/C11H17N3O2.ClH/c1-8-5-9(13-16-8)10(15)14-4-3-11(2,6-12)7-14;/h5H,3-4,6-7,12H2,1-2H3;1H. The third kappa shape index (κ3) is 2.79. The molecule has 0 spiro atoms. The number of rotatable bonds is 2. The Morgan fingerprint density at radius 2 is 2.41 bits per heavy atom. The summed E-state index contributed by atoms with van der Waals surface area (Å²) < 4.78 is 4.90. The van der Waals surface area contributed by atoms with Crippen LogP contribution in [0, 0.1) is 12.3 Å². The molecule has 96 valence electrons. The van der Waals surface area contributed by atoms with E-state index in [1.165, 1.54) is 0 Å². The Bertz CT molecular complexity index is 407. The van der Waals surface area contributed by atoms with Crippen LogP contribution in [0.3, 0.4) is 0 Å². The molecule has 1 fully saturated rings. The number of aryl methyl sites for hydroxylation is 1. The van der Waals surface area contributed by atoms with Crippen LogP contribution in [0.4, 0.5) is 0 Å². The predicted octanol–water partition coefficient (Wildman–Crippen LogP) is 1.22. The number of hydrogen-bond acceptors (Lipinski definition) is 4. The van der Waals surface area contributed by atoms with Gasteiger partial charge in [0.2, 0.25) is 0 Å². The van der Waals surface area contributed by atoms with Crippen molar-refractivity contribution in [2.45, 2.75) is 20.3 Å². The molecule has 0 bridgehead atoms. The zero-order valence-corrected chi connectivity index (χ0v) is 10.9. The third-order valence-corrected chi connectivity index (χ3v) is 3.18. The smallest absolute Gasteiger partial charge is 0.276 e. The van der Waals surface area contributed by atoms with Gasteiger partial charge in [0.05, 0.1) is 0 Å². The first-order valence-electron chi connectivity index (χ1n) is 5.47. The van der Waals surface area contributed by atoms with E-state index < -0.39 is 0 Å². The van der Waals surface area contributed by atoms with Crippen LogP contribution in [0.25, 0.3) is 0 Å². The number of carbonyl (C=O) groups excluding carboxylic acids is 1. The van der Waals surface area contributed by atoms with Gasteiger partial charge < -0.3 is 15.2 Å². The van der Waals surface area contributed by atoms with Crippen LogP contribution < -0.4 is 5.73 Å².